The minimum absolute atomic E-state index is 0.228. The second-order valence-electron chi connectivity index (χ2n) is 3.93. The number of hydrogen-bond acceptors (Lipinski definition) is 4. The lowest BCUT2D eigenvalue weighted by molar-refractivity contribution is 0.102. The lowest BCUT2D eigenvalue weighted by Gasteiger charge is -2.10. The number of rotatable bonds is 3. The molecule has 0 radical (unpaired) electrons. The molecule has 0 spiro atoms. The van der Waals surface area contributed by atoms with E-state index < -0.39 is 0 Å². The second-order valence-corrected chi connectivity index (χ2v) is 4.33. The number of aromatic nitrogens is 2. The van der Waals surface area contributed by atoms with Crippen LogP contribution in [-0.4, -0.2) is 22.9 Å². The van der Waals surface area contributed by atoms with E-state index in [4.69, 9.17) is 11.6 Å². The SMILES string of the molecule is CNc1cncc(C(=O)Nc2c(C)cccc2Cl)n1. The summed E-state index contributed by atoms with van der Waals surface area (Å²) in [5.41, 5.74) is 1.70. The standard InChI is InChI=1S/C13H13ClN4O/c1-8-4-3-5-9(14)12(8)18-13(19)10-6-16-7-11(15-2)17-10/h3-7H,1-2H3,(H,15,17)(H,18,19). The Kier molecular flexibility index (Phi) is 3.97. The average molecular weight is 277 g/mol. The fraction of sp³-hybridized carbons (Fsp3) is 0.154. The molecule has 1 heterocycles. The zero-order valence-electron chi connectivity index (χ0n) is 10.6. The molecule has 2 N–H and O–H groups in total. The van der Waals surface area contributed by atoms with E-state index >= 15 is 0 Å². The van der Waals surface area contributed by atoms with Gasteiger partial charge < -0.3 is 10.6 Å². The molecule has 0 saturated carbocycles. The Balaban J connectivity index is 2.25. The topological polar surface area (TPSA) is 66.9 Å². The average Bonchev–Trinajstić information content (AvgIpc) is 2.43. The summed E-state index contributed by atoms with van der Waals surface area (Å²) in [5, 5.41) is 6.07. The largest absolute Gasteiger partial charge is 0.372 e. The van der Waals surface area contributed by atoms with Crippen LogP contribution in [0.15, 0.2) is 30.6 Å². The first-order valence-corrected chi connectivity index (χ1v) is 6.06. The number of carbonyl (C=O) groups is 1. The van der Waals surface area contributed by atoms with Crippen LogP contribution in [0.2, 0.25) is 5.02 Å². The Morgan fingerprint density at radius 3 is 2.79 bits per heavy atom. The zero-order valence-corrected chi connectivity index (χ0v) is 11.3. The fourth-order valence-corrected chi connectivity index (χ4v) is 1.83. The number of para-hydroxylation sites is 1. The lowest BCUT2D eigenvalue weighted by Crippen LogP contribution is -2.15. The van der Waals surface area contributed by atoms with Crippen LogP contribution >= 0.6 is 11.6 Å². The van der Waals surface area contributed by atoms with Gasteiger partial charge in [0.25, 0.3) is 5.91 Å². The van der Waals surface area contributed by atoms with Crippen LogP contribution in [0.3, 0.4) is 0 Å². The highest BCUT2D eigenvalue weighted by molar-refractivity contribution is 6.34. The number of nitrogens with one attached hydrogen (secondary N) is 2. The molecule has 2 aromatic rings. The van der Waals surface area contributed by atoms with Crippen molar-refractivity contribution in [2.75, 3.05) is 17.7 Å². The number of anilines is 2. The van der Waals surface area contributed by atoms with Crippen molar-refractivity contribution in [2.24, 2.45) is 0 Å². The summed E-state index contributed by atoms with van der Waals surface area (Å²) in [7, 11) is 1.71. The molecule has 1 aromatic heterocycles. The predicted molar refractivity (Wildman–Crippen MR) is 75.7 cm³/mol. The molecule has 1 aromatic carbocycles. The molecule has 6 heteroatoms. The summed E-state index contributed by atoms with van der Waals surface area (Å²) in [6, 6.07) is 5.42. The molecule has 0 saturated heterocycles. The van der Waals surface area contributed by atoms with Gasteiger partial charge in [-0.3, -0.25) is 9.78 Å². The first-order valence-electron chi connectivity index (χ1n) is 5.68. The zero-order chi connectivity index (χ0) is 13.8. The van der Waals surface area contributed by atoms with E-state index in [2.05, 4.69) is 20.6 Å². The Labute approximate surface area is 116 Å². The fourth-order valence-electron chi connectivity index (χ4n) is 1.56. The Bertz CT molecular complexity index is 595. The molecule has 2 rings (SSSR count). The van der Waals surface area contributed by atoms with E-state index in [0.29, 0.717) is 16.5 Å². The van der Waals surface area contributed by atoms with Gasteiger partial charge in [-0.1, -0.05) is 23.7 Å². The smallest absolute Gasteiger partial charge is 0.276 e. The maximum absolute atomic E-state index is 12.1. The first-order chi connectivity index (χ1) is 9.11. The molecule has 0 fully saturated rings. The molecule has 1 amide bonds. The van der Waals surface area contributed by atoms with Crippen molar-refractivity contribution >= 4 is 29.0 Å². The van der Waals surface area contributed by atoms with Crippen LogP contribution in [0.4, 0.5) is 11.5 Å². The highest BCUT2D eigenvalue weighted by atomic mass is 35.5. The minimum atomic E-state index is -0.346. The van der Waals surface area contributed by atoms with Gasteiger partial charge >= 0.3 is 0 Å². The summed E-state index contributed by atoms with van der Waals surface area (Å²) in [6.45, 7) is 1.87. The highest BCUT2D eigenvalue weighted by Gasteiger charge is 2.12. The number of carbonyl (C=O) groups excluding carboxylic acids is 1. The van der Waals surface area contributed by atoms with E-state index in [1.54, 1.807) is 13.1 Å². The number of benzene rings is 1. The van der Waals surface area contributed by atoms with Gasteiger partial charge in [0.15, 0.2) is 0 Å². The van der Waals surface area contributed by atoms with Gasteiger partial charge in [-0.05, 0) is 18.6 Å². The predicted octanol–water partition coefficient (Wildman–Crippen LogP) is 2.73. The van der Waals surface area contributed by atoms with Crippen molar-refractivity contribution in [2.45, 2.75) is 6.92 Å². The molecule has 0 atom stereocenters. The van der Waals surface area contributed by atoms with E-state index in [1.165, 1.54) is 12.4 Å². The molecule has 0 aliphatic heterocycles. The van der Waals surface area contributed by atoms with Crippen LogP contribution < -0.4 is 10.6 Å². The Morgan fingerprint density at radius 2 is 2.11 bits per heavy atom. The van der Waals surface area contributed by atoms with Gasteiger partial charge in [0.1, 0.15) is 11.5 Å². The summed E-state index contributed by atoms with van der Waals surface area (Å²) in [4.78, 5) is 20.1. The van der Waals surface area contributed by atoms with Gasteiger partial charge in [-0.2, -0.15) is 0 Å². The van der Waals surface area contributed by atoms with Crippen LogP contribution in [-0.2, 0) is 0 Å². The summed E-state index contributed by atoms with van der Waals surface area (Å²) in [6.07, 6.45) is 2.94. The molecular weight excluding hydrogens is 264 g/mol. The Hall–Kier alpha value is -2.14. The van der Waals surface area contributed by atoms with Crippen molar-refractivity contribution in [1.82, 2.24) is 9.97 Å². The number of amides is 1. The third-order valence-electron chi connectivity index (χ3n) is 2.58. The van der Waals surface area contributed by atoms with E-state index in [1.807, 2.05) is 19.1 Å². The van der Waals surface area contributed by atoms with Crippen molar-refractivity contribution in [3.63, 3.8) is 0 Å². The molecule has 0 aliphatic carbocycles. The number of halogens is 1. The maximum atomic E-state index is 12.1. The van der Waals surface area contributed by atoms with Crippen molar-refractivity contribution in [1.29, 1.82) is 0 Å². The monoisotopic (exact) mass is 276 g/mol. The van der Waals surface area contributed by atoms with Gasteiger partial charge in [-0.15, -0.1) is 0 Å². The lowest BCUT2D eigenvalue weighted by atomic mass is 10.2. The second kappa shape index (κ2) is 5.67. The number of nitrogens with zero attached hydrogens (tertiary/aromatic N) is 2. The number of aryl methyl sites for hydroxylation is 1. The van der Waals surface area contributed by atoms with Crippen molar-refractivity contribution < 1.29 is 4.79 Å². The number of hydrogen-bond donors (Lipinski definition) is 2. The molecular formula is C13H13ClN4O. The maximum Gasteiger partial charge on any atom is 0.276 e. The van der Waals surface area contributed by atoms with E-state index in [-0.39, 0.29) is 11.6 Å². The molecule has 98 valence electrons. The van der Waals surface area contributed by atoms with E-state index in [9.17, 15) is 4.79 Å². The van der Waals surface area contributed by atoms with Gasteiger partial charge in [-0.25, -0.2) is 4.98 Å². The van der Waals surface area contributed by atoms with Crippen LogP contribution in [0, 0.1) is 6.92 Å². The molecule has 0 unspecified atom stereocenters. The summed E-state index contributed by atoms with van der Waals surface area (Å²) < 4.78 is 0. The molecule has 0 bridgehead atoms. The minimum Gasteiger partial charge on any atom is -0.372 e. The van der Waals surface area contributed by atoms with Gasteiger partial charge in [0.2, 0.25) is 0 Å². The third kappa shape index (κ3) is 3.00. The van der Waals surface area contributed by atoms with Crippen LogP contribution in [0.1, 0.15) is 16.1 Å². The van der Waals surface area contributed by atoms with Crippen LogP contribution in [0.25, 0.3) is 0 Å². The van der Waals surface area contributed by atoms with Crippen molar-refractivity contribution in [3.05, 3.63) is 46.9 Å². The molecule has 5 nitrogen and oxygen atoms in total. The third-order valence-corrected chi connectivity index (χ3v) is 2.90. The summed E-state index contributed by atoms with van der Waals surface area (Å²) >= 11 is 6.06. The van der Waals surface area contributed by atoms with E-state index in [0.717, 1.165) is 5.56 Å². The van der Waals surface area contributed by atoms with Crippen molar-refractivity contribution in [3.8, 4) is 0 Å². The van der Waals surface area contributed by atoms with Gasteiger partial charge in [0.05, 0.1) is 23.1 Å². The summed E-state index contributed by atoms with van der Waals surface area (Å²) in [5.74, 6) is 0.185. The first kappa shape index (κ1) is 13.3. The van der Waals surface area contributed by atoms with Crippen LogP contribution in [0.5, 0.6) is 0 Å². The normalized spacial score (nSPS) is 10.1. The van der Waals surface area contributed by atoms with Gasteiger partial charge in [0, 0.05) is 7.05 Å². The molecule has 0 aliphatic rings. The highest BCUT2D eigenvalue weighted by Crippen LogP contribution is 2.25. The molecule has 19 heavy (non-hydrogen) atoms. The Morgan fingerprint density at radius 1 is 1.32 bits per heavy atom. The quantitative estimate of drug-likeness (QED) is 0.905.